The molecular formula is C17H30N4OS. The summed E-state index contributed by atoms with van der Waals surface area (Å²) in [4.78, 5) is 8.35. The Morgan fingerprint density at radius 1 is 1.39 bits per heavy atom. The summed E-state index contributed by atoms with van der Waals surface area (Å²) in [5.74, 6) is 0.877. The van der Waals surface area contributed by atoms with E-state index in [-0.39, 0.29) is 0 Å². The van der Waals surface area contributed by atoms with Gasteiger partial charge in [-0.05, 0) is 50.7 Å². The van der Waals surface area contributed by atoms with Gasteiger partial charge in [-0.15, -0.1) is 11.3 Å². The van der Waals surface area contributed by atoms with Crippen molar-refractivity contribution in [3.05, 3.63) is 22.4 Å². The monoisotopic (exact) mass is 338 g/mol. The highest BCUT2D eigenvalue weighted by Crippen LogP contribution is 2.27. The molecule has 0 aliphatic carbocycles. The average Bonchev–Trinajstić information content (AvgIpc) is 3.27. The zero-order valence-electron chi connectivity index (χ0n) is 14.4. The van der Waals surface area contributed by atoms with Crippen molar-refractivity contribution in [1.82, 2.24) is 15.5 Å². The van der Waals surface area contributed by atoms with Crippen LogP contribution < -0.4 is 10.6 Å². The predicted molar refractivity (Wildman–Crippen MR) is 98.3 cm³/mol. The van der Waals surface area contributed by atoms with E-state index in [9.17, 15) is 0 Å². The molecule has 23 heavy (non-hydrogen) atoms. The Balaban J connectivity index is 1.79. The molecule has 1 aromatic rings. The van der Waals surface area contributed by atoms with E-state index < -0.39 is 0 Å². The number of hydrogen-bond acceptors (Lipinski definition) is 4. The summed E-state index contributed by atoms with van der Waals surface area (Å²) in [6.45, 7) is 7.78. The molecule has 2 N–H and O–H groups in total. The van der Waals surface area contributed by atoms with Crippen molar-refractivity contribution in [2.45, 2.75) is 32.2 Å². The molecule has 0 radical (unpaired) electrons. The standard InChI is InChI=1S/C17H30N4OS/c1-3-22-12-7-9-19-17(18-2)20-14-15(16-8-6-13-23-16)21-10-4-5-11-21/h6,8,13,15H,3-5,7,9-12,14H2,1-2H3,(H2,18,19,20). The third-order valence-corrected chi connectivity index (χ3v) is 5.08. The number of rotatable bonds is 9. The Morgan fingerprint density at radius 2 is 2.22 bits per heavy atom. The minimum Gasteiger partial charge on any atom is -0.382 e. The number of aliphatic imine (C=N–C) groups is 1. The maximum Gasteiger partial charge on any atom is 0.191 e. The van der Waals surface area contributed by atoms with Crippen molar-refractivity contribution in [1.29, 1.82) is 0 Å². The molecule has 0 amide bonds. The molecule has 2 rings (SSSR count). The summed E-state index contributed by atoms with van der Waals surface area (Å²) in [7, 11) is 1.83. The largest absolute Gasteiger partial charge is 0.382 e. The van der Waals surface area contributed by atoms with Crippen LogP contribution >= 0.6 is 11.3 Å². The van der Waals surface area contributed by atoms with Gasteiger partial charge in [0.2, 0.25) is 0 Å². The molecule has 0 saturated carbocycles. The fourth-order valence-electron chi connectivity index (χ4n) is 2.88. The second-order valence-corrected chi connectivity index (χ2v) is 6.68. The van der Waals surface area contributed by atoms with E-state index in [1.54, 1.807) is 0 Å². The van der Waals surface area contributed by atoms with E-state index in [1.807, 2.05) is 25.3 Å². The molecule has 6 heteroatoms. The Labute approximate surface area is 144 Å². The minimum atomic E-state index is 0.444. The summed E-state index contributed by atoms with van der Waals surface area (Å²) < 4.78 is 5.36. The Kier molecular flexibility index (Phi) is 8.42. The van der Waals surface area contributed by atoms with E-state index in [0.29, 0.717) is 6.04 Å². The second kappa shape index (κ2) is 10.6. The third-order valence-electron chi connectivity index (χ3n) is 4.10. The van der Waals surface area contributed by atoms with Crippen molar-refractivity contribution >= 4 is 17.3 Å². The minimum absolute atomic E-state index is 0.444. The van der Waals surface area contributed by atoms with Crippen LogP contribution in [0.3, 0.4) is 0 Å². The number of ether oxygens (including phenoxy) is 1. The van der Waals surface area contributed by atoms with E-state index >= 15 is 0 Å². The number of nitrogens with zero attached hydrogens (tertiary/aromatic N) is 2. The van der Waals surface area contributed by atoms with Crippen molar-refractivity contribution in [3.8, 4) is 0 Å². The lowest BCUT2D eigenvalue weighted by Crippen LogP contribution is -2.42. The van der Waals surface area contributed by atoms with Gasteiger partial charge >= 0.3 is 0 Å². The van der Waals surface area contributed by atoms with Gasteiger partial charge in [0.25, 0.3) is 0 Å². The number of thiophene rings is 1. The van der Waals surface area contributed by atoms with Crippen LogP contribution in [-0.4, -0.2) is 57.3 Å². The zero-order valence-corrected chi connectivity index (χ0v) is 15.2. The zero-order chi connectivity index (χ0) is 16.3. The Hall–Kier alpha value is -1.11. The first-order valence-electron chi connectivity index (χ1n) is 8.65. The highest BCUT2D eigenvalue weighted by Gasteiger charge is 2.24. The fraction of sp³-hybridized carbons (Fsp3) is 0.706. The molecule has 1 aliphatic heterocycles. The molecule has 1 aromatic heterocycles. The van der Waals surface area contributed by atoms with Crippen LogP contribution in [-0.2, 0) is 4.74 Å². The first-order valence-corrected chi connectivity index (χ1v) is 9.52. The predicted octanol–water partition coefficient (Wildman–Crippen LogP) is 2.48. The van der Waals surface area contributed by atoms with Crippen LogP contribution in [0.25, 0.3) is 0 Å². The van der Waals surface area contributed by atoms with E-state index in [1.165, 1.54) is 30.8 Å². The molecule has 1 atom stereocenters. The highest BCUT2D eigenvalue weighted by molar-refractivity contribution is 7.10. The van der Waals surface area contributed by atoms with Crippen molar-refractivity contribution in [2.24, 2.45) is 4.99 Å². The number of nitrogens with one attached hydrogen (secondary N) is 2. The normalized spacial score (nSPS) is 17.4. The fourth-order valence-corrected chi connectivity index (χ4v) is 3.74. The lowest BCUT2D eigenvalue weighted by molar-refractivity contribution is 0.145. The van der Waals surface area contributed by atoms with Crippen molar-refractivity contribution in [3.63, 3.8) is 0 Å². The van der Waals surface area contributed by atoms with Gasteiger partial charge in [0, 0.05) is 38.2 Å². The summed E-state index contributed by atoms with van der Waals surface area (Å²) in [6.07, 6.45) is 3.62. The third kappa shape index (κ3) is 6.12. The van der Waals surface area contributed by atoms with Crippen LogP contribution in [0.1, 0.15) is 37.1 Å². The molecular weight excluding hydrogens is 308 g/mol. The van der Waals surface area contributed by atoms with Crippen LogP contribution in [0, 0.1) is 0 Å². The van der Waals surface area contributed by atoms with Gasteiger partial charge < -0.3 is 15.4 Å². The molecule has 130 valence electrons. The molecule has 5 nitrogen and oxygen atoms in total. The summed E-state index contributed by atoms with van der Waals surface area (Å²) in [6, 6.07) is 4.83. The van der Waals surface area contributed by atoms with Crippen LogP contribution in [0.2, 0.25) is 0 Å². The van der Waals surface area contributed by atoms with Gasteiger partial charge in [-0.25, -0.2) is 0 Å². The summed E-state index contributed by atoms with van der Waals surface area (Å²) in [5.41, 5.74) is 0. The summed E-state index contributed by atoms with van der Waals surface area (Å²) >= 11 is 1.85. The lowest BCUT2D eigenvalue weighted by atomic mass is 10.2. The molecule has 0 aromatic carbocycles. The molecule has 0 bridgehead atoms. The SMILES string of the molecule is CCOCCCNC(=NC)NCC(c1cccs1)N1CCCC1. The van der Waals surface area contributed by atoms with Gasteiger partial charge in [-0.1, -0.05) is 6.07 Å². The molecule has 1 saturated heterocycles. The maximum atomic E-state index is 5.36. The molecule has 0 spiro atoms. The van der Waals surface area contributed by atoms with Gasteiger partial charge in [-0.3, -0.25) is 9.89 Å². The highest BCUT2D eigenvalue weighted by atomic mass is 32.1. The van der Waals surface area contributed by atoms with E-state index in [4.69, 9.17) is 4.74 Å². The smallest absolute Gasteiger partial charge is 0.191 e. The maximum absolute atomic E-state index is 5.36. The first-order chi connectivity index (χ1) is 11.3. The van der Waals surface area contributed by atoms with Gasteiger partial charge in [0.15, 0.2) is 5.96 Å². The van der Waals surface area contributed by atoms with Crippen LogP contribution in [0.4, 0.5) is 0 Å². The molecule has 2 heterocycles. The van der Waals surface area contributed by atoms with E-state index in [2.05, 4.69) is 38.0 Å². The number of hydrogen-bond donors (Lipinski definition) is 2. The summed E-state index contributed by atoms with van der Waals surface area (Å²) in [5, 5.41) is 9.02. The average molecular weight is 339 g/mol. The Morgan fingerprint density at radius 3 is 2.87 bits per heavy atom. The van der Waals surface area contributed by atoms with Crippen molar-refractivity contribution < 1.29 is 4.74 Å². The van der Waals surface area contributed by atoms with Gasteiger partial charge in [0.1, 0.15) is 0 Å². The quantitative estimate of drug-likeness (QED) is 0.413. The first kappa shape index (κ1) is 18.2. The van der Waals surface area contributed by atoms with Gasteiger partial charge in [0.05, 0.1) is 6.04 Å². The number of guanidine groups is 1. The topological polar surface area (TPSA) is 48.9 Å². The van der Waals surface area contributed by atoms with Gasteiger partial charge in [-0.2, -0.15) is 0 Å². The van der Waals surface area contributed by atoms with E-state index in [0.717, 1.165) is 38.7 Å². The second-order valence-electron chi connectivity index (χ2n) is 5.70. The molecule has 1 unspecified atom stereocenters. The van der Waals surface area contributed by atoms with Crippen LogP contribution in [0.5, 0.6) is 0 Å². The van der Waals surface area contributed by atoms with Crippen LogP contribution in [0.15, 0.2) is 22.5 Å². The molecule has 1 aliphatic rings. The Bertz CT molecular complexity index is 443. The number of likely N-dealkylation sites (tertiary alicyclic amines) is 1. The van der Waals surface area contributed by atoms with Crippen molar-refractivity contribution in [2.75, 3.05) is 46.4 Å². The molecule has 1 fully saturated rings. The lowest BCUT2D eigenvalue weighted by Gasteiger charge is -2.27.